The minimum absolute atomic E-state index is 0.893. The number of fused-ring (bicyclic) bond motifs is 4. The molecule has 8 aromatic carbocycles. The monoisotopic (exact) mass is 613 g/mol. The highest BCUT2D eigenvalue weighted by Crippen LogP contribution is 2.44. The van der Waals surface area contributed by atoms with E-state index in [-0.39, 0.29) is 0 Å². The van der Waals surface area contributed by atoms with E-state index >= 15 is 0 Å². The second kappa shape index (κ2) is 11.8. The van der Waals surface area contributed by atoms with Gasteiger partial charge >= 0.3 is 0 Å². The van der Waals surface area contributed by atoms with Crippen LogP contribution in [0.1, 0.15) is 0 Å². The van der Waals surface area contributed by atoms with Crippen molar-refractivity contribution in [1.82, 2.24) is 0 Å². The highest BCUT2D eigenvalue weighted by atomic mass is 16.3. The molecule has 0 radical (unpaired) electrons. The van der Waals surface area contributed by atoms with Crippen LogP contribution in [0.15, 0.2) is 192 Å². The summed E-state index contributed by atoms with van der Waals surface area (Å²) in [6.45, 7) is 0. The number of hydrogen-bond acceptors (Lipinski definition) is 2. The lowest BCUT2D eigenvalue weighted by molar-refractivity contribution is 0.670. The number of nitrogens with zero attached hydrogens (tertiary/aromatic N) is 1. The normalized spacial score (nSPS) is 11.3. The molecular weight excluding hydrogens is 583 g/mol. The van der Waals surface area contributed by atoms with Crippen LogP contribution in [0.25, 0.3) is 66.1 Å². The van der Waals surface area contributed by atoms with Gasteiger partial charge in [-0.15, -0.1) is 0 Å². The van der Waals surface area contributed by atoms with Crippen LogP contribution < -0.4 is 4.90 Å². The molecule has 0 spiro atoms. The maximum absolute atomic E-state index is 6.70. The molecule has 226 valence electrons. The molecule has 48 heavy (non-hydrogen) atoms. The third kappa shape index (κ3) is 5.01. The van der Waals surface area contributed by atoms with Crippen molar-refractivity contribution in [3.8, 4) is 33.4 Å². The molecule has 0 aliphatic rings. The zero-order chi connectivity index (χ0) is 31.9. The van der Waals surface area contributed by atoms with Crippen LogP contribution in [0.2, 0.25) is 0 Å². The Morgan fingerprint density at radius 2 is 0.792 bits per heavy atom. The Kier molecular flexibility index (Phi) is 6.84. The Bertz CT molecular complexity index is 2430. The van der Waals surface area contributed by atoms with Gasteiger partial charge in [-0.2, -0.15) is 0 Å². The van der Waals surface area contributed by atoms with Crippen molar-refractivity contribution in [3.63, 3.8) is 0 Å². The lowest BCUT2D eigenvalue weighted by Crippen LogP contribution is -2.10. The van der Waals surface area contributed by atoms with E-state index < -0.39 is 0 Å². The summed E-state index contributed by atoms with van der Waals surface area (Å²) >= 11 is 0. The van der Waals surface area contributed by atoms with E-state index in [1.54, 1.807) is 0 Å². The Morgan fingerprint density at radius 1 is 0.333 bits per heavy atom. The molecule has 0 saturated carbocycles. The Morgan fingerprint density at radius 3 is 1.33 bits per heavy atom. The van der Waals surface area contributed by atoms with Crippen LogP contribution >= 0.6 is 0 Å². The van der Waals surface area contributed by atoms with Gasteiger partial charge in [0.25, 0.3) is 0 Å². The Balaban J connectivity index is 1.27. The van der Waals surface area contributed by atoms with Crippen molar-refractivity contribution in [2.45, 2.75) is 0 Å². The first-order valence-corrected chi connectivity index (χ1v) is 16.3. The number of hydrogen-bond donors (Lipinski definition) is 0. The first-order valence-electron chi connectivity index (χ1n) is 16.3. The topological polar surface area (TPSA) is 16.4 Å². The van der Waals surface area contributed by atoms with Gasteiger partial charge in [0.1, 0.15) is 11.2 Å². The zero-order valence-corrected chi connectivity index (χ0v) is 26.3. The van der Waals surface area contributed by atoms with Crippen LogP contribution in [0.3, 0.4) is 0 Å². The maximum Gasteiger partial charge on any atom is 0.143 e. The lowest BCUT2D eigenvalue weighted by Gasteiger charge is -2.27. The van der Waals surface area contributed by atoms with E-state index in [2.05, 4.69) is 193 Å². The molecule has 2 nitrogen and oxygen atoms in total. The van der Waals surface area contributed by atoms with E-state index in [1.807, 2.05) is 0 Å². The van der Waals surface area contributed by atoms with Gasteiger partial charge in [0.15, 0.2) is 0 Å². The third-order valence-electron chi connectivity index (χ3n) is 9.23. The molecule has 0 bridgehead atoms. The Labute approximate surface area is 279 Å². The van der Waals surface area contributed by atoms with Gasteiger partial charge in [-0.1, -0.05) is 140 Å². The van der Waals surface area contributed by atoms with Crippen LogP contribution in [-0.2, 0) is 0 Å². The van der Waals surface area contributed by atoms with Gasteiger partial charge in [0.05, 0.1) is 0 Å². The average Bonchev–Trinajstić information content (AvgIpc) is 3.52. The standard InChI is InChI=1S/C46H31NO/c1-4-12-32(13-5-1)34-20-24-39(25-21-34)47(40-26-22-35(23-27-40)33-14-6-2-7-15-33)41-30-42(36-16-8-3-9-17-36)46-44(31-41)43-28-37-18-10-11-19-38(37)29-45(43)48-46/h1-31H. The first-order chi connectivity index (χ1) is 23.8. The molecule has 1 heterocycles. The summed E-state index contributed by atoms with van der Waals surface area (Å²) in [4.78, 5) is 2.36. The lowest BCUT2D eigenvalue weighted by atomic mass is 9.99. The second-order valence-electron chi connectivity index (χ2n) is 12.2. The SMILES string of the molecule is c1ccc(-c2ccc(N(c3ccc(-c4ccccc4)cc3)c3cc(-c4ccccc4)c4oc5cc6ccccc6cc5c4c3)cc2)cc1. The Hall–Kier alpha value is -6.38. The smallest absolute Gasteiger partial charge is 0.143 e. The second-order valence-corrected chi connectivity index (χ2v) is 12.2. The quantitative estimate of drug-likeness (QED) is 0.185. The predicted molar refractivity (Wildman–Crippen MR) is 202 cm³/mol. The van der Waals surface area contributed by atoms with Crippen molar-refractivity contribution in [2.75, 3.05) is 4.90 Å². The van der Waals surface area contributed by atoms with Crippen LogP contribution in [0, 0.1) is 0 Å². The van der Waals surface area contributed by atoms with Crippen molar-refractivity contribution in [2.24, 2.45) is 0 Å². The van der Waals surface area contributed by atoms with Crippen LogP contribution in [0.5, 0.6) is 0 Å². The average molecular weight is 614 g/mol. The fourth-order valence-electron chi connectivity index (χ4n) is 6.82. The van der Waals surface area contributed by atoms with Crippen molar-refractivity contribution in [3.05, 3.63) is 188 Å². The number of furan rings is 1. The molecule has 0 fully saturated rings. The largest absolute Gasteiger partial charge is 0.455 e. The highest BCUT2D eigenvalue weighted by Gasteiger charge is 2.20. The molecule has 2 heteroatoms. The van der Waals surface area contributed by atoms with Gasteiger partial charge in [-0.3, -0.25) is 0 Å². The first kappa shape index (κ1) is 27.9. The summed E-state index contributed by atoms with van der Waals surface area (Å²) in [7, 11) is 0. The molecule has 1 aromatic heterocycles. The number of benzene rings is 8. The minimum atomic E-state index is 0.893. The molecule has 0 N–H and O–H groups in total. The minimum Gasteiger partial charge on any atom is -0.455 e. The molecule has 9 rings (SSSR count). The highest BCUT2D eigenvalue weighted by molar-refractivity contribution is 6.14. The number of rotatable bonds is 6. The molecule has 0 saturated heterocycles. The third-order valence-corrected chi connectivity index (χ3v) is 9.23. The van der Waals surface area contributed by atoms with Gasteiger partial charge in [0, 0.05) is 33.4 Å². The summed E-state index contributed by atoms with van der Waals surface area (Å²) in [5.74, 6) is 0. The van der Waals surface area contributed by atoms with Crippen LogP contribution in [0.4, 0.5) is 17.1 Å². The van der Waals surface area contributed by atoms with E-state index in [0.717, 1.165) is 50.1 Å². The van der Waals surface area contributed by atoms with E-state index in [0.29, 0.717) is 0 Å². The van der Waals surface area contributed by atoms with E-state index in [4.69, 9.17) is 4.42 Å². The van der Waals surface area contributed by atoms with Crippen molar-refractivity contribution in [1.29, 1.82) is 0 Å². The summed E-state index contributed by atoms with van der Waals surface area (Å²) in [6, 6.07) is 66.9. The molecule has 0 atom stereocenters. The summed E-state index contributed by atoms with van der Waals surface area (Å²) in [5.41, 5.74) is 12.0. The molecular formula is C46H31NO. The van der Waals surface area contributed by atoms with E-state index in [9.17, 15) is 0 Å². The summed E-state index contributed by atoms with van der Waals surface area (Å²) in [5, 5.41) is 4.58. The summed E-state index contributed by atoms with van der Waals surface area (Å²) < 4.78 is 6.70. The van der Waals surface area contributed by atoms with Gasteiger partial charge < -0.3 is 9.32 Å². The maximum atomic E-state index is 6.70. The summed E-state index contributed by atoms with van der Waals surface area (Å²) in [6.07, 6.45) is 0. The number of anilines is 3. The molecule has 0 aliphatic heterocycles. The van der Waals surface area contributed by atoms with Crippen molar-refractivity contribution >= 4 is 49.8 Å². The van der Waals surface area contributed by atoms with Crippen LogP contribution in [-0.4, -0.2) is 0 Å². The molecule has 9 aromatic rings. The molecule has 0 aliphatic carbocycles. The molecule has 0 unspecified atom stereocenters. The predicted octanol–water partition coefficient (Wildman–Crippen LogP) is 13.2. The van der Waals surface area contributed by atoms with Crippen molar-refractivity contribution < 1.29 is 4.42 Å². The molecule has 0 amide bonds. The van der Waals surface area contributed by atoms with Gasteiger partial charge in [-0.05, 0) is 87.1 Å². The van der Waals surface area contributed by atoms with Gasteiger partial charge in [0.2, 0.25) is 0 Å². The van der Waals surface area contributed by atoms with E-state index in [1.165, 1.54) is 33.0 Å². The van der Waals surface area contributed by atoms with Gasteiger partial charge in [-0.25, -0.2) is 0 Å². The fraction of sp³-hybridized carbons (Fsp3) is 0. The zero-order valence-electron chi connectivity index (χ0n) is 26.3. The fourth-order valence-corrected chi connectivity index (χ4v) is 6.82.